The smallest absolute Gasteiger partial charge is 0.229 e. The highest BCUT2D eigenvalue weighted by Crippen LogP contribution is 2.42. The van der Waals surface area contributed by atoms with Crippen LogP contribution in [0.2, 0.25) is 0 Å². The number of piperazine rings is 1. The summed E-state index contributed by atoms with van der Waals surface area (Å²) in [6.45, 7) is 14.6. The zero-order valence-corrected chi connectivity index (χ0v) is 30.6. The average Bonchev–Trinajstić information content (AvgIpc) is 3.05. The van der Waals surface area contributed by atoms with Gasteiger partial charge in [0.25, 0.3) is 0 Å². The molecule has 2 aromatic heterocycles. The maximum Gasteiger partial charge on any atom is 0.229 e. The van der Waals surface area contributed by atoms with Crippen molar-refractivity contribution in [1.29, 1.82) is 0 Å². The van der Waals surface area contributed by atoms with Gasteiger partial charge in [-0.2, -0.15) is 4.98 Å². The van der Waals surface area contributed by atoms with Crippen LogP contribution < -0.4 is 25.6 Å². The fourth-order valence-corrected chi connectivity index (χ4v) is 8.36. The maximum atomic E-state index is 13.4. The van der Waals surface area contributed by atoms with Gasteiger partial charge in [0.1, 0.15) is 24.2 Å². The Balaban J connectivity index is 1.25. The molecular formula is C34H45BrN9O2P. The Kier molecular flexibility index (Phi) is 10.0. The van der Waals surface area contributed by atoms with Crippen molar-refractivity contribution in [2.24, 2.45) is 0 Å². The Hall–Kier alpha value is -3.31. The molecule has 250 valence electrons. The molecule has 4 aromatic rings. The third kappa shape index (κ3) is 7.41. The Labute approximate surface area is 286 Å². The number of halogens is 1. The molecule has 0 unspecified atom stereocenters. The van der Waals surface area contributed by atoms with E-state index in [1.807, 2.05) is 12.1 Å². The van der Waals surface area contributed by atoms with Gasteiger partial charge >= 0.3 is 0 Å². The third-order valence-electron chi connectivity index (χ3n) is 9.23. The van der Waals surface area contributed by atoms with E-state index in [1.165, 1.54) is 24.1 Å². The lowest BCUT2D eigenvalue weighted by molar-refractivity contribution is 0.0982. The second-order valence-electron chi connectivity index (χ2n) is 13.2. The number of benzene rings is 2. The monoisotopic (exact) mass is 721 g/mol. The molecule has 2 aliphatic heterocycles. The molecule has 6 rings (SSSR count). The quantitative estimate of drug-likeness (QED) is 0.191. The summed E-state index contributed by atoms with van der Waals surface area (Å²) < 4.78 is 20.0. The van der Waals surface area contributed by atoms with E-state index in [0.717, 1.165) is 50.7 Å². The van der Waals surface area contributed by atoms with E-state index in [9.17, 15) is 4.57 Å². The minimum atomic E-state index is -2.74. The van der Waals surface area contributed by atoms with Crippen molar-refractivity contribution in [3.63, 3.8) is 0 Å². The number of anilines is 5. The first kappa shape index (κ1) is 33.6. The summed E-state index contributed by atoms with van der Waals surface area (Å²) >= 11 is 3.60. The molecule has 0 bridgehead atoms. The molecule has 13 heteroatoms. The Bertz CT molecular complexity index is 1780. The first-order valence-corrected chi connectivity index (χ1v) is 19.7. The molecule has 0 spiro atoms. The molecular weight excluding hydrogens is 677 g/mol. The average molecular weight is 723 g/mol. The number of piperidine rings is 1. The van der Waals surface area contributed by atoms with E-state index in [4.69, 9.17) is 9.72 Å². The van der Waals surface area contributed by atoms with Gasteiger partial charge in [-0.05, 0) is 78.8 Å². The summed E-state index contributed by atoms with van der Waals surface area (Å²) in [5.41, 5.74) is 5.26. The van der Waals surface area contributed by atoms with Crippen LogP contribution in [0.25, 0.3) is 11.0 Å². The van der Waals surface area contributed by atoms with Crippen LogP contribution in [0.1, 0.15) is 38.2 Å². The first-order chi connectivity index (χ1) is 22.5. The SMILES string of the molecule is COc1cc(N2CCC(N3CCN(C)CC3)CC2)c(C(C)C)cc1Nc1ncc(Br)c(Nc2ccc3nccnc3c2P(C)(C)=O)n1. The van der Waals surface area contributed by atoms with E-state index in [2.05, 4.69) is 89.2 Å². The number of nitrogens with zero attached hydrogens (tertiary/aromatic N) is 7. The van der Waals surface area contributed by atoms with Gasteiger partial charge in [-0.25, -0.2) is 4.98 Å². The predicted molar refractivity (Wildman–Crippen MR) is 196 cm³/mol. The lowest BCUT2D eigenvalue weighted by Crippen LogP contribution is -2.52. The lowest BCUT2D eigenvalue weighted by Gasteiger charge is -2.43. The summed E-state index contributed by atoms with van der Waals surface area (Å²) in [5, 5.41) is 7.43. The molecule has 0 aliphatic carbocycles. The van der Waals surface area contributed by atoms with Crippen molar-refractivity contribution in [2.75, 3.05) is 82.3 Å². The lowest BCUT2D eigenvalue weighted by atomic mass is 9.96. The number of hydrogen-bond donors (Lipinski definition) is 2. The second kappa shape index (κ2) is 14.0. The summed E-state index contributed by atoms with van der Waals surface area (Å²) in [6.07, 6.45) is 7.29. The summed E-state index contributed by atoms with van der Waals surface area (Å²) in [5.74, 6) is 1.98. The van der Waals surface area contributed by atoms with Crippen molar-refractivity contribution >= 4 is 68.2 Å². The van der Waals surface area contributed by atoms with Crippen LogP contribution in [0.4, 0.5) is 28.8 Å². The maximum absolute atomic E-state index is 13.4. The number of aromatic nitrogens is 4. The number of likely N-dealkylation sites (N-methyl/N-ethyl adjacent to an activating group) is 1. The molecule has 0 saturated carbocycles. The number of nitrogens with one attached hydrogen (secondary N) is 2. The fourth-order valence-electron chi connectivity index (χ4n) is 6.68. The molecule has 0 radical (unpaired) electrons. The van der Waals surface area contributed by atoms with Crippen LogP contribution in [0.15, 0.2) is 47.3 Å². The zero-order valence-electron chi connectivity index (χ0n) is 28.1. The molecule has 11 nitrogen and oxygen atoms in total. The largest absolute Gasteiger partial charge is 0.494 e. The molecule has 2 N–H and O–H groups in total. The van der Waals surface area contributed by atoms with Crippen LogP contribution in [-0.2, 0) is 4.57 Å². The molecule has 2 aromatic carbocycles. The van der Waals surface area contributed by atoms with Crippen molar-refractivity contribution < 1.29 is 9.30 Å². The van der Waals surface area contributed by atoms with Gasteiger partial charge in [-0.15, -0.1) is 0 Å². The van der Waals surface area contributed by atoms with Crippen LogP contribution in [0.3, 0.4) is 0 Å². The zero-order chi connectivity index (χ0) is 33.3. The van der Waals surface area contributed by atoms with E-state index in [-0.39, 0.29) is 0 Å². The Morgan fingerprint density at radius 1 is 0.957 bits per heavy atom. The van der Waals surface area contributed by atoms with Crippen LogP contribution >= 0.6 is 23.1 Å². The Morgan fingerprint density at radius 3 is 2.36 bits per heavy atom. The van der Waals surface area contributed by atoms with Crippen LogP contribution in [-0.4, -0.2) is 103 Å². The summed E-state index contributed by atoms with van der Waals surface area (Å²) in [6, 6.07) is 8.73. The molecule has 2 saturated heterocycles. The van der Waals surface area contributed by atoms with Gasteiger partial charge in [0.15, 0.2) is 0 Å². The van der Waals surface area contributed by atoms with E-state index < -0.39 is 7.14 Å². The standard InChI is InChI=1S/C34H45BrN9O2P/c1-22(2)24-19-28(30(46-4)20-29(24)44-13-9-23(10-14-44)43-17-15-42(3)16-18-43)40-34-38-21-25(35)33(41-34)39-27-8-7-26-31(37-12-11-36-26)32(27)47(5,6)45/h7-8,11-12,19-23H,9-10,13-18H2,1-6H3,(H2,38,39,40,41). The molecule has 47 heavy (non-hydrogen) atoms. The third-order valence-corrected chi connectivity index (χ3v) is 11.3. The summed E-state index contributed by atoms with van der Waals surface area (Å²) in [4.78, 5) is 25.9. The minimum Gasteiger partial charge on any atom is -0.494 e. The fraction of sp³-hybridized carbons (Fsp3) is 0.471. The van der Waals surface area contributed by atoms with Crippen molar-refractivity contribution in [1.82, 2.24) is 29.7 Å². The van der Waals surface area contributed by atoms with Gasteiger partial charge in [-0.1, -0.05) is 13.8 Å². The highest BCUT2D eigenvalue weighted by Gasteiger charge is 2.29. The molecule has 2 fully saturated rings. The molecule has 0 amide bonds. The molecule has 0 atom stereocenters. The molecule has 4 heterocycles. The van der Waals surface area contributed by atoms with Crippen LogP contribution in [0.5, 0.6) is 5.75 Å². The van der Waals surface area contributed by atoms with Crippen molar-refractivity contribution in [3.8, 4) is 5.75 Å². The highest BCUT2D eigenvalue weighted by atomic mass is 79.9. The number of ether oxygens (including phenoxy) is 1. The predicted octanol–water partition coefficient (Wildman–Crippen LogP) is 6.27. The van der Waals surface area contributed by atoms with E-state index in [0.29, 0.717) is 50.2 Å². The second-order valence-corrected chi connectivity index (χ2v) is 17.2. The van der Waals surface area contributed by atoms with Crippen molar-refractivity contribution in [3.05, 3.63) is 52.9 Å². The van der Waals surface area contributed by atoms with Gasteiger partial charge in [0.2, 0.25) is 5.95 Å². The number of methoxy groups -OCH3 is 1. The number of fused-ring (bicyclic) bond motifs is 1. The van der Waals surface area contributed by atoms with E-state index in [1.54, 1.807) is 39.0 Å². The van der Waals surface area contributed by atoms with Gasteiger partial charge in [0, 0.05) is 75.7 Å². The Morgan fingerprint density at radius 2 is 1.68 bits per heavy atom. The topological polar surface area (TPSA) is 112 Å². The molecule has 2 aliphatic rings. The normalized spacial score (nSPS) is 17.0. The van der Waals surface area contributed by atoms with Crippen molar-refractivity contribution in [2.45, 2.75) is 38.6 Å². The summed E-state index contributed by atoms with van der Waals surface area (Å²) in [7, 11) is 1.18. The number of hydrogen-bond acceptors (Lipinski definition) is 11. The van der Waals surface area contributed by atoms with E-state index >= 15 is 0 Å². The highest BCUT2D eigenvalue weighted by molar-refractivity contribution is 9.10. The van der Waals surface area contributed by atoms with Gasteiger partial charge < -0.3 is 29.7 Å². The first-order valence-electron chi connectivity index (χ1n) is 16.3. The number of rotatable bonds is 9. The van der Waals surface area contributed by atoms with Gasteiger partial charge in [0.05, 0.1) is 33.8 Å². The minimum absolute atomic E-state index is 0.308. The van der Waals surface area contributed by atoms with Gasteiger partial charge in [-0.3, -0.25) is 14.9 Å². The van der Waals surface area contributed by atoms with Crippen LogP contribution in [0, 0.1) is 0 Å².